The molecular formula is C21H32ClN3O4S. The summed E-state index contributed by atoms with van der Waals surface area (Å²) < 4.78 is 25.6. The number of unbranched alkanes of at least 4 members (excludes halogenated alkanes) is 2. The quantitative estimate of drug-likeness (QED) is 0.576. The molecule has 0 unspecified atom stereocenters. The second-order valence-corrected chi connectivity index (χ2v) is 10.3. The summed E-state index contributed by atoms with van der Waals surface area (Å²) in [5, 5.41) is 2.98. The zero-order valence-electron chi connectivity index (χ0n) is 17.8. The molecule has 1 heterocycles. The van der Waals surface area contributed by atoms with Crippen LogP contribution in [0.25, 0.3) is 0 Å². The van der Waals surface area contributed by atoms with E-state index in [2.05, 4.69) is 5.32 Å². The van der Waals surface area contributed by atoms with Crippen molar-refractivity contribution < 1.29 is 18.0 Å². The third-order valence-electron chi connectivity index (χ3n) is 5.27. The highest BCUT2D eigenvalue weighted by molar-refractivity contribution is 7.89. The van der Waals surface area contributed by atoms with Gasteiger partial charge in [-0.3, -0.25) is 9.59 Å². The number of rotatable bonds is 9. The van der Waals surface area contributed by atoms with E-state index in [4.69, 9.17) is 11.6 Å². The molecule has 1 aliphatic heterocycles. The van der Waals surface area contributed by atoms with Gasteiger partial charge in [0.25, 0.3) is 5.91 Å². The van der Waals surface area contributed by atoms with Gasteiger partial charge in [-0.15, -0.1) is 0 Å². The molecule has 1 fully saturated rings. The van der Waals surface area contributed by atoms with Crippen LogP contribution >= 0.6 is 11.6 Å². The van der Waals surface area contributed by atoms with Crippen LogP contribution in [0.3, 0.4) is 0 Å². The van der Waals surface area contributed by atoms with E-state index in [-0.39, 0.29) is 21.4 Å². The minimum absolute atomic E-state index is 0.0223. The van der Waals surface area contributed by atoms with Gasteiger partial charge in [-0.2, -0.15) is 0 Å². The first kappa shape index (κ1) is 24.6. The SMILES string of the molecule is CN(C)S(=O)(=O)c1ccc(Cl)c(C(=O)NCCCCCC(=O)N2CCCCCC2)c1. The number of carbonyl (C=O) groups excluding carboxylic acids is 2. The molecule has 0 atom stereocenters. The second-order valence-electron chi connectivity index (χ2n) is 7.79. The van der Waals surface area contributed by atoms with Crippen LogP contribution in [-0.4, -0.2) is 63.2 Å². The fraction of sp³-hybridized carbons (Fsp3) is 0.619. The zero-order chi connectivity index (χ0) is 22.1. The van der Waals surface area contributed by atoms with Gasteiger partial charge in [-0.05, 0) is 43.9 Å². The van der Waals surface area contributed by atoms with Crippen LogP contribution in [0.1, 0.15) is 61.7 Å². The molecule has 0 aromatic heterocycles. The Morgan fingerprint density at radius 1 is 1.07 bits per heavy atom. The van der Waals surface area contributed by atoms with E-state index in [1.807, 2.05) is 4.90 Å². The van der Waals surface area contributed by atoms with Gasteiger partial charge in [0, 0.05) is 40.2 Å². The number of carbonyl (C=O) groups is 2. The van der Waals surface area contributed by atoms with E-state index in [1.54, 1.807) is 0 Å². The molecule has 1 N–H and O–H groups in total. The first-order valence-electron chi connectivity index (χ1n) is 10.5. The molecule has 0 bridgehead atoms. The number of hydrogen-bond acceptors (Lipinski definition) is 4. The summed E-state index contributed by atoms with van der Waals surface area (Å²) in [5.41, 5.74) is 0.135. The van der Waals surface area contributed by atoms with Gasteiger partial charge in [0.2, 0.25) is 15.9 Å². The number of amides is 2. The average Bonchev–Trinajstić information content (AvgIpc) is 3.00. The number of likely N-dealkylation sites (tertiary alicyclic amines) is 1. The molecule has 0 spiro atoms. The Hall–Kier alpha value is -1.64. The zero-order valence-corrected chi connectivity index (χ0v) is 19.4. The van der Waals surface area contributed by atoms with Crippen molar-refractivity contribution in [3.8, 4) is 0 Å². The maximum absolute atomic E-state index is 12.4. The van der Waals surface area contributed by atoms with Gasteiger partial charge in [-0.1, -0.05) is 30.9 Å². The molecule has 30 heavy (non-hydrogen) atoms. The molecule has 168 valence electrons. The van der Waals surface area contributed by atoms with Crippen LogP contribution in [0.4, 0.5) is 0 Å². The summed E-state index contributed by atoms with van der Waals surface area (Å²) in [5.74, 6) is -0.178. The Labute approximate surface area is 184 Å². The molecule has 0 aliphatic carbocycles. The van der Waals surface area contributed by atoms with Gasteiger partial charge in [0.1, 0.15) is 0 Å². The Morgan fingerprint density at radius 3 is 2.37 bits per heavy atom. The number of sulfonamides is 1. The summed E-state index contributed by atoms with van der Waals surface area (Å²) in [6, 6.07) is 4.10. The Bertz CT molecular complexity index is 835. The fourth-order valence-electron chi connectivity index (χ4n) is 3.40. The standard InChI is InChI=1S/C21H32ClN3O4S/c1-24(2)30(28,29)17-11-12-19(22)18(16-17)21(27)23-13-7-5-6-10-20(26)25-14-8-3-4-9-15-25/h11-12,16H,3-10,13-15H2,1-2H3,(H,23,27). The highest BCUT2D eigenvalue weighted by Gasteiger charge is 2.20. The maximum Gasteiger partial charge on any atom is 0.252 e. The smallest absolute Gasteiger partial charge is 0.252 e. The van der Waals surface area contributed by atoms with E-state index in [0.717, 1.165) is 49.5 Å². The molecule has 1 aromatic carbocycles. The summed E-state index contributed by atoms with van der Waals surface area (Å²) in [4.78, 5) is 26.7. The van der Waals surface area contributed by atoms with Gasteiger partial charge in [0.05, 0.1) is 15.5 Å². The summed E-state index contributed by atoms with van der Waals surface area (Å²) in [6.45, 7) is 2.19. The van der Waals surface area contributed by atoms with Crippen LogP contribution in [0, 0.1) is 0 Å². The van der Waals surface area contributed by atoms with Crippen molar-refractivity contribution in [2.24, 2.45) is 0 Å². The number of hydrogen-bond donors (Lipinski definition) is 1. The normalized spacial score (nSPS) is 15.1. The number of halogens is 1. The van der Waals surface area contributed by atoms with E-state index < -0.39 is 15.9 Å². The molecule has 0 saturated carbocycles. The number of nitrogens with one attached hydrogen (secondary N) is 1. The topological polar surface area (TPSA) is 86.8 Å². The third kappa shape index (κ3) is 6.96. The lowest BCUT2D eigenvalue weighted by atomic mass is 10.1. The first-order chi connectivity index (χ1) is 14.2. The minimum atomic E-state index is -3.64. The molecule has 1 saturated heterocycles. The highest BCUT2D eigenvalue weighted by atomic mass is 35.5. The van der Waals surface area contributed by atoms with Crippen LogP contribution < -0.4 is 5.32 Å². The Morgan fingerprint density at radius 2 is 1.73 bits per heavy atom. The van der Waals surface area contributed by atoms with Gasteiger partial charge in [-0.25, -0.2) is 12.7 Å². The van der Waals surface area contributed by atoms with E-state index in [1.165, 1.54) is 45.1 Å². The molecule has 7 nitrogen and oxygen atoms in total. The van der Waals surface area contributed by atoms with Crippen LogP contribution in [-0.2, 0) is 14.8 Å². The van der Waals surface area contributed by atoms with Crippen molar-refractivity contribution in [1.82, 2.24) is 14.5 Å². The largest absolute Gasteiger partial charge is 0.352 e. The van der Waals surface area contributed by atoms with Gasteiger partial charge >= 0.3 is 0 Å². The molecule has 1 aliphatic rings. The number of nitrogens with zero attached hydrogens (tertiary/aromatic N) is 2. The third-order valence-corrected chi connectivity index (χ3v) is 7.41. The summed E-state index contributed by atoms with van der Waals surface area (Å²) >= 11 is 6.09. The molecule has 1 aromatic rings. The lowest BCUT2D eigenvalue weighted by Gasteiger charge is -2.20. The monoisotopic (exact) mass is 457 g/mol. The van der Waals surface area contributed by atoms with E-state index >= 15 is 0 Å². The average molecular weight is 458 g/mol. The van der Waals surface area contributed by atoms with Gasteiger partial charge < -0.3 is 10.2 Å². The van der Waals surface area contributed by atoms with Gasteiger partial charge in [0.15, 0.2) is 0 Å². The molecule has 0 radical (unpaired) electrons. The van der Waals surface area contributed by atoms with Crippen LogP contribution in [0.15, 0.2) is 23.1 Å². The fourth-order valence-corrected chi connectivity index (χ4v) is 4.53. The van der Waals surface area contributed by atoms with Crippen molar-refractivity contribution in [3.05, 3.63) is 28.8 Å². The van der Waals surface area contributed by atoms with E-state index in [0.29, 0.717) is 13.0 Å². The lowest BCUT2D eigenvalue weighted by Crippen LogP contribution is -2.31. The van der Waals surface area contributed by atoms with Crippen molar-refractivity contribution in [2.45, 2.75) is 56.3 Å². The Kier molecular flexibility index (Phi) is 9.58. The summed E-state index contributed by atoms with van der Waals surface area (Å²) in [6.07, 6.45) is 7.52. The predicted octanol–water partition coefficient (Wildman–Crippen LogP) is 3.28. The first-order valence-corrected chi connectivity index (χ1v) is 12.3. The van der Waals surface area contributed by atoms with Crippen molar-refractivity contribution >= 4 is 33.4 Å². The Balaban J connectivity index is 1.76. The van der Waals surface area contributed by atoms with E-state index in [9.17, 15) is 18.0 Å². The van der Waals surface area contributed by atoms with Crippen LogP contribution in [0.5, 0.6) is 0 Å². The van der Waals surface area contributed by atoms with Crippen molar-refractivity contribution in [2.75, 3.05) is 33.7 Å². The second kappa shape index (κ2) is 11.7. The number of benzene rings is 1. The molecular weight excluding hydrogens is 426 g/mol. The van der Waals surface area contributed by atoms with Crippen LogP contribution in [0.2, 0.25) is 5.02 Å². The maximum atomic E-state index is 12.4. The predicted molar refractivity (Wildman–Crippen MR) is 118 cm³/mol. The molecule has 9 heteroatoms. The minimum Gasteiger partial charge on any atom is -0.352 e. The lowest BCUT2D eigenvalue weighted by molar-refractivity contribution is -0.131. The summed E-state index contributed by atoms with van der Waals surface area (Å²) in [7, 11) is -0.780. The molecule has 2 amide bonds. The van der Waals surface area contributed by atoms with Crippen molar-refractivity contribution in [3.63, 3.8) is 0 Å². The highest BCUT2D eigenvalue weighted by Crippen LogP contribution is 2.22. The molecule has 2 rings (SSSR count). The van der Waals surface area contributed by atoms with Crippen molar-refractivity contribution in [1.29, 1.82) is 0 Å².